The van der Waals surface area contributed by atoms with Gasteiger partial charge in [-0.25, -0.2) is 8.42 Å². The number of anilines is 2. The maximum absolute atomic E-state index is 11.7. The van der Waals surface area contributed by atoms with Crippen molar-refractivity contribution >= 4 is 49.5 Å². The molecule has 1 amide bonds. The summed E-state index contributed by atoms with van der Waals surface area (Å²) >= 11 is 5.91. The zero-order valence-corrected chi connectivity index (χ0v) is 13.9. The van der Waals surface area contributed by atoms with Crippen LogP contribution in [0.25, 0.3) is 0 Å². The van der Waals surface area contributed by atoms with Crippen LogP contribution >= 0.6 is 11.6 Å². The SMILES string of the molecule is CS(=O)(=O)CCS(=O)CCC(=O)Nc1ccc(N)cc1Cl. The largest absolute Gasteiger partial charge is 0.399 e. The summed E-state index contributed by atoms with van der Waals surface area (Å²) < 4.78 is 33.5. The summed E-state index contributed by atoms with van der Waals surface area (Å²) in [7, 11) is -4.49. The van der Waals surface area contributed by atoms with E-state index in [0.717, 1.165) is 6.26 Å². The summed E-state index contributed by atoms with van der Waals surface area (Å²) in [4.78, 5) is 11.7. The van der Waals surface area contributed by atoms with E-state index >= 15 is 0 Å². The maximum atomic E-state index is 11.7. The number of sulfone groups is 1. The van der Waals surface area contributed by atoms with Crippen molar-refractivity contribution < 1.29 is 17.4 Å². The average Bonchev–Trinajstić information content (AvgIpc) is 2.36. The molecule has 118 valence electrons. The van der Waals surface area contributed by atoms with Crippen LogP contribution in [0.2, 0.25) is 5.02 Å². The summed E-state index contributed by atoms with van der Waals surface area (Å²) in [6, 6.07) is 4.70. The van der Waals surface area contributed by atoms with Gasteiger partial charge in [-0.2, -0.15) is 0 Å². The molecule has 0 spiro atoms. The molecule has 0 radical (unpaired) electrons. The highest BCUT2D eigenvalue weighted by atomic mass is 35.5. The number of nitrogen functional groups attached to an aromatic ring is 1. The summed E-state index contributed by atoms with van der Waals surface area (Å²) in [5, 5.41) is 2.91. The molecule has 0 saturated heterocycles. The monoisotopic (exact) mass is 352 g/mol. The predicted octanol–water partition coefficient (Wildman–Crippen LogP) is 1.04. The van der Waals surface area contributed by atoms with Gasteiger partial charge in [0.1, 0.15) is 9.84 Å². The molecular formula is C12H17ClN2O4S2. The summed E-state index contributed by atoms with van der Waals surface area (Å²) in [5.74, 6) is -0.345. The van der Waals surface area contributed by atoms with Crippen LogP contribution < -0.4 is 11.1 Å². The van der Waals surface area contributed by atoms with Crippen molar-refractivity contribution in [2.24, 2.45) is 0 Å². The molecule has 1 rings (SSSR count). The van der Waals surface area contributed by atoms with Crippen molar-refractivity contribution in [1.82, 2.24) is 0 Å². The molecule has 9 heteroatoms. The van der Waals surface area contributed by atoms with Gasteiger partial charge < -0.3 is 11.1 Å². The van der Waals surface area contributed by atoms with Crippen LogP contribution in [-0.4, -0.2) is 42.0 Å². The number of benzene rings is 1. The van der Waals surface area contributed by atoms with E-state index < -0.39 is 20.6 Å². The lowest BCUT2D eigenvalue weighted by Crippen LogP contribution is -2.18. The Kier molecular flexibility index (Phi) is 6.63. The molecule has 0 saturated carbocycles. The van der Waals surface area contributed by atoms with E-state index in [0.29, 0.717) is 16.4 Å². The van der Waals surface area contributed by atoms with Gasteiger partial charge in [-0.1, -0.05) is 11.6 Å². The lowest BCUT2D eigenvalue weighted by molar-refractivity contribution is -0.115. The minimum atomic E-state index is -3.14. The fourth-order valence-corrected chi connectivity index (χ4v) is 4.21. The van der Waals surface area contributed by atoms with Crippen molar-refractivity contribution in [3.05, 3.63) is 23.2 Å². The van der Waals surface area contributed by atoms with E-state index in [1.54, 1.807) is 12.1 Å². The Labute approximate surface area is 131 Å². The topological polar surface area (TPSA) is 106 Å². The first-order valence-electron chi connectivity index (χ1n) is 6.05. The Hall–Kier alpha value is -1.12. The third-order valence-corrected chi connectivity index (χ3v) is 5.34. The molecule has 1 unspecified atom stereocenters. The summed E-state index contributed by atoms with van der Waals surface area (Å²) in [6.45, 7) is 0. The molecule has 0 aliphatic rings. The van der Waals surface area contributed by atoms with Crippen molar-refractivity contribution in [2.45, 2.75) is 6.42 Å². The minimum Gasteiger partial charge on any atom is -0.399 e. The molecule has 1 aromatic carbocycles. The highest BCUT2D eigenvalue weighted by Gasteiger charge is 2.10. The van der Waals surface area contributed by atoms with Crippen LogP contribution in [0.5, 0.6) is 0 Å². The van der Waals surface area contributed by atoms with E-state index in [1.807, 2.05) is 0 Å². The molecule has 21 heavy (non-hydrogen) atoms. The zero-order valence-electron chi connectivity index (χ0n) is 11.5. The molecule has 1 atom stereocenters. The average molecular weight is 353 g/mol. The second-order valence-electron chi connectivity index (χ2n) is 4.52. The van der Waals surface area contributed by atoms with E-state index in [-0.39, 0.29) is 29.6 Å². The molecule has 0 heterocycles. The van der Waals surface area contributed by atoms with Gasteiger partial charge in [-0.15, -0.1) is 0 Å². The summed E-state index contributed by atoms with van der Waals surface area (Å²) in [5.41, 5.74) is 6.45. The fourth-order valence-electron chi connectivity index (χ4n) is 1.40. The Bertz CT molecular complexity index is 647. The first kappa shape index (κ1) is 17.9. The number of hydrogen-bond donors (Lipinski definition) is 2. The Morgan fingerprint density at radius 3 is 2.62 bits per heavy atom. The van der Waals surface area contributed by atoms with Gasteiger partial charge in [-0.05, 0) is 18.2 Å². The Balaban J connectivity index is 2.42. The maximum Gasteiger partial charge on any atom is 0.225 e. The fraction of sp³-hybridized carbons (Fsp3) is 0.417. The number of halogens is 1. The van der Waals surface area contributed by atoms with Gasteiger partial charge in [-0.3, -0.25) is 9.00 Å². The third kappa shape index (κ3) is 7.45. The first-order chi connectivity index (χ1) is 9.67. The molecule has 0 fully saturated rings. The van der Waals surface area contributed by atoms with Gasteiger partial charge in [0.05, 0.1) is 16.5 Å². The van der Waals surface area contributed by atoms with Gasteiger partial charge in [0.2, 0.25) is 5.91 Å². The van der Waals surface area contributed by atoms with Crippen LogP contribution in [0.3, 0.4) is 0 Å². The van der Waals surface area contributed by atoms with Crippen LogP contribution in [0, 0.1) is 0 Å². The molecular weight excluding hydrogens is 336 g/mol. The van der Waals surface area contributed by atoms with E-state index in [9.17, 15) is 17.4 Å². The number of carbonyl (C=O) groups is 1. The predicted molar refractivity (Wildman–Crippen MR) is 86.7 cm³/mol. The quantitative estimate of drug-likeness (QED) is 0.713. The zero-order chi connectivity index (χ0) is 16.0. The van der Waals surface area contributed by atoms with Gasteiger partial charge >= 0.3 is 0 Å². The number of amides is 1. The van der Waals surface area contributed by atoms with Crippen LogP contribution in [0.1, 0.15) is 6.42 Å². The molecule has 6 nitrogen and oxygen atoms in total. The molecule has 0 aromatic heterocycles. The normalized spacial score (nSPS) is 12.9. The van der Waals surface area contributed by atoms with Gasteiger partial charge in [0, 0.05) is 40.7 Å². The molecule has 0 aliphatic carbocycles. The van der Waals surface area contributed by atoms with Crippen molar-refractivity contribution in [2.75, 3.05) is 34.6 Å². The van der Waals surface area contributed by atoms with Crippen molar-refractivity contribution in [3.8, 4) is 0 Å². The second-order valence-corrected chi connectivity index (χ2v) is 8.88. The van der Waals surface area contributed by atoms with E-state index in [2.05, 4.69) is 5.32 Å². The lowest BCUT2D eigenvalue weighted by Gasteiger charge is -2.07. The van der Waals surface area contributed by atoms with E-state index in [1.165, 1.54) is 6.07 Å². The van der Waals surface area contributed by atoms with Gasteiger partial charge in [0.15, 0.2) is 0 Å². The highest BCUT2D eigenvalue weighted by molar-refractivity contribution is 7.92. The van der Waals surface area contributed by atoms with Crippen molar-refractivity contribution in [1.29, 1.82) is 0 Å². The third-order valence-electron chi connectivity index (χ3n) is 2.51. The molecule has 0 aliphatic heterocycles. The molecule has 1 aromatic rings. The second kappa shape index (κ2) is 7.77. The van der Waals surface area contributed by atoms with E-state index in [4.69, 9.17) is 17.3 Å². The number of carbonyl (C=O) groups excluding carboxylic acids is 1. The number of nitrogens with two attached hydrogens (primary N) is 1. The molecule has 0 bridgehead atoms. The van der Waals surface area contributed by atoms with Crippen LogP contribution in [0.4, 0.5) is 11.4 Å². The Morgan fingerprint density at radius 2 is 2.05 bits per heavy atom. The smallest absolute Gasteiger partial charge is 0.225 e. The summed E-state index contributed by atoms with van der Waals surface area (Å²) in [6.07, 6.45) is 1.11. The van der Waals surface area contributed by atoms with Crippen molar-refractivity contribution in [3.63, 3.8) is 0 Å². The van der Waals surface area contributed by atoms with Crippen LogP contribution in [0.15, 0.2) is 18.2 Å². The number of rotatable bonds is 7. The molecule has 3 N–H and O–H groups in total. The number of hydrogen-bond acceptors (Lipinski definition) is 5. The lowest BCUT2D eigenvalue weighted by atomic mass is 10.3. The minimum absolute atomic E-state index is 0.0249. The van der Waals surface area contributed by atoms with Gasteiger partial charge in [0.25, 0.3) is 0 Å². The number of nitrogens with one attached hydrogen (secondary N) is 1. The standard InChI is InChI=1S/C12H17ClN2O4S2/c1-21(18,19)7-6-20(17)5-4-12(16)15-11-3-2-9(14)8-10(11)13/h2-3,8H,4-7,14H2,1H3,(H,15,16). The first-order valence-corrected chi connectivity index (χ1v) is 9.97. The highest BCUT2D eigenvalue weighted by Crippen LogP contribution is 2.24. The Morgan fingerprint density at radius 1 is 1.38 bits per heavy atom. The van der Waals surface area contributed by atoms with Crippen LogP contribution in [-0.2, 0) is 25.4 Å².